The molecule has 18 heavy (non-hydrogen) atoms. The summed E-state index contributed by atoms with van der Waals surface area (Å²) in [7, 11) is 0. The molecule has 0 radical (unpaired) electrons. The number of amides is 1. The predicted octanol–water partition coefficient (Wildman–Crippen LogP) is 3.49. The highest BCUT2D eigenvalue weighted by Gasteiger charge is 2.19. The van der Waals surface area contributed by atoms with E-state index in [4.69, 9.17) is 0 Å². The van der Waals surface area contributed by atoms with Gasteiger partial charge in [0.15, 0.2) is 0 Å². The highest BCUT2D eigenvalue weighted by Crippen LogP contribution is 2.32. The van der Waals surface area contributed by atoms with Crippen molar-refractivity contribution in [2.24, 2.45) is 0 Å². The fourth-order valence-electron chi connectivity index (χ4n) is 2.10. The fourth-order valence-corrected chi connectivity index (χ4v) is 4.05. The summed E-state index contributed by atoms with van der Waals surface area (Å²) in [6, 6.07) is 2.27. The molecule has 2 heterocycles. The molecule has 0 aromatic carbocycles. The van der Waals surface area contributed by atoms with Gasteiger partial charge in [-0.2, -0.15) is 0 Å². The first kappa shape index (κ1) is 14.5. The molecule has 1 saturated heterocycles. The lowest BCUT2D eigenvalue weighted by atomic mass is 10.3. The van der Waals surface area contributed by atoms with Crippen LogP contribution in [0.15, 0.2) is 14.3 Å². The zero-order valence-corrected chi connectivity index (χ0v) is 14.2. The van der Waals surface area contributed by atoms with Crippen molar-refractivity contribution in [3.63, 3.8) is 0 Å². The van der Waals surface area contributed by atoms with Crippen molar-refractivity contribution in [1.29, 1.82) is 0 Å². The topological polar surface area (TPSA) is 32.3 Å². The Labute approximate surface area is 128 Å². The summed E-state index contributed by atoms with van der Waals surface area (Å²) in [6.45, 7) is 5.21. The molecule has 1 aromatic heterocycles. The number of carbonyl (C=O) groups is 1. The molecule has 0 unspecified atom stereocenters. The second kappa shape index (κ2) is 6.50. The lowest BCUT2D eigenvalue weighted by Gasteiger charge is -2.23. The summed E-state index contributed by atoms with van der Waals surface area (Å²) < 4.78 is 1.89. The van der Waals surface area contributed by atoms with Gasteiger partial charge < -0.3 is 5.32 Å². The maximum Gasteiger partial charge on any atom is 0.261 e. The molecule has 1 aromatic rings. The normalized spacial score (nSPS) is 17.9. The van der Waals surface area contributed by atoms with Crippen molar-refractivity contribution in [1.82, 2.24) is 10.2 Å². The molecule has 0 saturated carbocycles. The van der Waals surface area contributed by atoms with E-state index in [2.05, 4.69) is 49.0 Å². The van der Waals surface area contributed by atoms with E-state index < -0.39 is 0 Å². The van der Waals surface area contributed by atoms with Crippen LogP contribution in [0.3, 0.4) is 0 Å². The Morgan fingerprint density at radius 1 is 1.50 bits per heavy atom. The van der Waals surface area contributed by atoms with Gasteiger partial charge in [0.2, 0.25) is 0 Å². The first-order valence-electron chi connectivity index (χ1n) is 6.05. The Kier molecular flexibility index (Phi) is 5.24. The zero-order chi connectivity index (χ0) is 13.1. The fraction of sp³-hybridized carbons (Fsp3) is 0.583. The monoisotopic (exact) mass is 394 g/mol. The van der Waals surface area contributed by atoms with Gasteiger partial charge in [-0.3, -0.25) is 9.69 Å². The predicted molar refractivity (Wildman–Crippen MR) is 82.3 cm³/mol. The van der Waals surface area contributed by atoms with Crippen molar-refractivity contribution in [2.75, 3.05) is 19.6 Å². The lowest BCUT2D eigenvalue weighted by molar-refractivity contribution is 0.0944. The Hall–Kier alpha value is 0.0900. The van der Waals surface area contributed by atoms with Gasteiger partial charge in [0.25, 0.3) is 5.91 Å². The molecule has 1 aliphatic heterocycles. The minimum absolute atomic E-state index is 0.0115. The molecular formula is C12H16Br2N2OS. The third kappa shape index (κ3) is 3.56. The number of thiophene rings is 1. The van der Waals surface area contributed by atoms with Crippen LogP contribution in [0.25, 0.3) is 0 Å². The maximum absolute atomic E-state index is 12.0. The van der Waals surface area contributed by atoms with Crippen LogP contribution < -0.4 is 5.32 Å². The van der Waals surface area contributed by atoms with Crippen LogP contribution in [0.1, 0.15) is 29.4 Å². The van der Waals surface area contributed by atoms with Crippen molar-refractivity contribution < 1.29 is 4.79 Å². The van der Waals surface area contributed by atoms with Gasteiger partial charge in [-0.15, -0.1) is 11.3 Å². The summed E-state index contributed by atoms with van der Waals surface area (Å²) in [6.07, 6.45) is 2.56. The van der Waals surface area contributed by atoms with E-state index in [0.717, 1.165) is 26.2 Å². The number of carbonyl (C=O) groups excluding carboxylic acids is 1. The summed E-state index contributed by atoms with van der Waals surface area (Å²) in [4.78, 5) is 15.1. The molecule has 0 bridgehead atoms. The van der Waals surface area contributed by atoms with Crippen molar-refractivity contribution in [3.8, 4) is 0 Å². The van der Waals surface area contributed by atoms with Gasteiger partial charge in [-0.25, -0.2) is 0 Å². The lowest BCUT2D eigenvalue weighted by Crippen LogP contribution is -2.40. The molecule has 3 nitrogen and oxygen atoms in total. The van der Waals surface area contributed by atoms with Crippen molar-refractivity contribution in [2.45, 2.75) is 25.8 Å². The molecule has 1 aliphatic rings. The number of nitrogens with one attached hydrogen (secondary N) is 1. The van der Waals surface area contributed by atoms with E-state index in [9.17, 15) is 4.79 Å². The smallest absolute Gasteiger partial charge is 0.261 e. The van der Waals surface area contributed by atoms with Crippen LogP contribution in [-0.4, -0.2) is 36.5 Å². The minimum atomic E-state index is 0.0115. The summed E-state index contributed by atoms with van der Waals surface area (Å²) in [5, 5.41) is 3.00. The number of hydrogen-bond donors (Lipinski definition) is 1. The van der Waals surface area contributed by atoms with Crippen LogP contribution in [0.4, 0.5) is 0 Å². The van der Waals surface area contributed by atoms with E-state index in [1.165, 1.54) is 24.2 Å². The van der Waals surface area contributed by atoms with Crippen LogP contribution in [0.5, 0.6) is 0 Å². The Morgan fingerprint density at radius 3 is 2.72 bits per heavy atom. The van der Waals surface area contributed by atoms with Gasteiger partial charge in [0.05, 0.1) is 8.66 Å². The number of hydrogen-bond acceptors (Lipinski definition) is 3. The van der Waals surface area contributed by atoms with Crippen molar-refractivity contribution >= 4 is 49.1 Å². The molecule has 1 amide bonds. The molecule has 2 rings (SSSR count). The molecule has 1 N–H and O–H groups in total. The number of halogens is 2. The van der Waals surface area contributed by atoms with E-state index in [1.54, 1.807) is 0 Å². The molecular weight excluding hydrogens is 380 g/mol. The zero-order valence-electron chi connectivity index (χ0n) is 10.2. The van der Waals surface area contributed by atoms with E-state index in [0.29, 0.717) is 12.6 Å². The first-order valence-corrected chi connectivity index (χ1v) is 8.45. The van der Waals surface area contributed by atoms with E-state index in [1.807, 2.05) is 6.07 Å². The van der Waals surface area contributed by atoms with Gasteiger partial charge in [-0.1, -0.05) is 0 Å². The average Bonchev–Trinajstić information content (AvgIpc) is 2.97. The van der Waals surface area contributed by atoms with Crippen LogP contribution in [-0.2, 0) is 0 Å². The third-order valence-corrected chi connectivity index (χ3v) is 6.45. The number of likely N-dealkylation sites (tertiary alicyclic amines) is 1. The molecule has 1 fully saturated rings. The Bertz CT molecular complexity index is 410. The van der Waals surface area contributed by atoms with Crippen LogP contribution in [0.2, 0.25) is 0 Å². The van der Waals surface area contributed by atoms with E-state index in [-0.39, 0.29) is 5.91 Å². The summed E-state index contributed by atoms with van der Waals surface area (Å²) in [5.41, 5.74) is 0. The highest BCUT2D eigenvalue weighted by atomic mass is 79.9. The maximum atomic E-state index is 12.0. The minimum Gasteiger partial charge on any atom is -0.350 e. The van der Waals surface area contributed by atoms with Gasteiger partial charge >= 0.3 is 0 Å². The average molecular weight is 396 g/mol. The third-order valence-electron chi connectivity index (χ3n) is 3.19. The number of rotatable bonds is 4. The second-order valence-electron chi connectivity index (χ2n) is 4.53. The second-order valence-corrected chi connectivity index (χ2v) is 7.76. The van der Waals surface area contributed by atoms with E-state index >= 15 is 0 Å². The highest BCUT2D eigenvalue weighted by molar-refractivity contribution is 9.13. The van der Waals surface area contributed by atoms with Gasteiger partial charge in [-0.05, 0) is 70.8 Å². The molecule has 0 spiro atoms. The molecule has 0 aliphatic carbocycles. The first-order chi connectivity index (χ1) is 8.58. The standard InChI is InChI=1S/C12H16Br2N2OS/c1-8(16-4-2-3-5-16)7-15-12(17)10-6-9(13)11(14)18-10/h6,8H,2-5,7H2,1H3,(H,15,17)/t8-/m0/s1. The SMILES string of the molecule is C[C@@H](CNC(=O)c1cc(Br)c(Br)s1)N1CCCC1. The molecule has 100 valence electrons. The van der Waals surface area contributed by atoms with Crippen LogP contribution >= 0.6 is 43.2 Å². The van der Waals surface area contributed by atoms with Gasteiger partial charge in [0, 0.05) is 17.1 Å². The van der Waals surface area contributed by atoms with Gasteiger partial charge in [0.1, 0.15) is 0 Å². The number of nitrogens with zero attached hydrogens (tertiary/aromatic N) is 1. The quantitative estimate of drug-likeness (QED) is 0.846. The summed E-state index contributed by atoms with van der Waals surface area (Å²) >= 11 is 8.25. The molecule has 6 heteroatoms. The van der Waals surface area contributed by atoms with Crippen molar-refractivity contribution in [3.05, 3.63) is 19.2 Å². The summed E-state index contributed by atoms with van der Waals surface area (Å²) in [5.74, 6) is 0.0115. The molecule has 1 atom stereocenters. The largest absolute Gasteiger partial charge is 0.350 e. The Morgan fingerprint density at radius 2 is 2.17 bits per heavy atom. The van der Waals surface area contributed by atoms with Crippen LogP contribution in [0, 0.1) is 0 Å². The Balaban J connectivity index is 1.84.